The molecule has 0 unspecified atom stereocenters. The van der Waals surface area contributed by atoms with Crippen molar-refractivity contribution in [2.24, 2.45) is 5.73 Å². The van der Waals surface area contributed by atoms with E-state index in [4.69, 9.17) is 10.5 Å². The number of benzene rings is 2. The third-order valence-electron chi connectivity index (χ3n) is 5.65. The molecule has 1 saturated heterocycles. The molecule has 0 saturated carbocycles. The van der Waals surface area contributed by atoms with Gasteiger partial charge in [-0.25, -0.2) is 0 Å². The van der Waals surface area contributed by atoms with Crippen molar-refractivity contribution in [2.75, 3.05) is 32.8 Å². The highest BCUT2D eigenvalue weighted by molar-refractivity contribution is 6.17. The van der Waals surface area contributed by atoms with E-state index < -0.39 is 0 Å². The van der Waals surface area contributed by atoms with Crippen molar-refractivity contribution in [1.82, 2.24) is 9.47 Å². The Morgan fingerprint density at radius 2 is 1.75 bits per heavy atom. The van der Waals surface area contributed by atoms with E-state index >= 15 is 0 Å². The molecule has 3 aromatic rings. The van der Waals surface area contributed by atoms with Crippen LogP contribution in [0.2, 0.25) is 0 Å². The lowest BCUT2D eigenvalue weighted by Crippen LogP contribution is -2.38. The lowest BCUT2D eigenvalue weighted by atomic mass is 9.99. The molecule has 5 heteroatoms. The van der Waals surface area contributed by atoms with E-state index in [1.165, 1.54) is 0 Å². The number of rotatable bonds is 6. The molecular formula is C23H27N3O2. The van der Waals surface area contributed by atoms with E-state index in [1.54, 1.807) is 0 Å². The van der Waals surface area contributed by atoms with Gasteiger partial charge in [0.05, 0.1) is 18.8 Å². The number of ether oxygens (including phenoxy) is 1. The zero-order chi connectivity index (χ0) is 19.5. The Kier molecular flexibility index (Phi) is 5.57. The fourth-order valence-electron chi connectivity index (χ4n) is 4.01. The van der Waals surface area contributed by atoms with Gasteiger partial charge in [-0.05, 0) is 18.6 Å². The molecule has 0 aliphatic carbocycles. The van der Waals surface area contributed by atoms with Gasteiger partial charge in [0.1, 0.15) is 0 Å². The van der Waals surface area contributed by atoms with Crippen molar-refractivity contribution in [3.8, 4) is 0 Å². The van der Waals surface area contributed by atoms with Crippen molar-refractivity contribution in [3.05, 3.63) is 70.9 Å². The van der Waals surface area contributed by atoms with Crippen molar-refractivity contribution >= 4 is 16.7 Å². The predicted molar refractivity (Wildman–Crippen MR) is 112 cm³/mol. The summed E-state index contributed by atoms with van der Waals surface area (Å²) in [7, 11) is 0. The molecule has 146 valence electrons. The second-order valence-corrected chi connectivity index (χ2v) is 7.31. The van der Waals surface area contributed by atoms with Crippen LogP contribution < -0.4 is 5.73 Å². The molecule has 2 heterocycles. The minimum absolute atomic E-state index is 0.0717. The van der Waals surface area contributed by atoms with Crippen LogP contribution in [0.25, 0.3) is 10.9 Å². The van der Waals surface area contributed by atoms with Gasteiger partial charge in [-0.1, -0.05) is 42.5 Å². The molecule has 4 rings (SSSR count). The third-order valence-corrected chi connectivity index (χ3v) is 5.65. The number of nitrogens with zero attached hydrogens (tertiary/aromatic N) is 2. The fraction of sp³-hybridized carbons (Fsp3) is 0.348. The normalized spacial score (nSPS) is 15.2. The first-order chi connectivity index (χ1) is 13.7. The first-order valence-corrected chi connectivity index (χ1v) is 9.90. The summed E-state index contributed by atoms with van der Waals surface area (Å²) < 4.78 is 7.73. The first kappa shape index (κ1) is 18.9. The summed E-state index contributed by atoms with van der Waals surface area (Å²) in [4.78, 5) is 15.7. The molecule has 1 aliphatic heterocycles. The van der Waals surface area contributed by atoms with Crippen molar-refractivity contribution < 1.29 is 9.53 Å². The molecule has 1 aromatic heterocycles. The summed E-state index contributed by atoms with van der Waals surface area (Å²) in [6, 6.07) is 15.8. The maximum atomic E-state index is 13.3. The molecule has 1 fully saturated rings. The van der Waals surface area contributed by atoms with Gasteiger partial charge in [-0.15, -0.1) is 0 Å². The standard InChI is InChI=1S/C23H27N3O2/c1-17-22(23(27)19-8-6-18(16-24)7-9-19)20-4-2-3-5-21(20)26(17)11-10-25-12-14-28-15-13-25/h2-9H,10-16,24H2,1H3. The van der Waals surface area contributed by atoms with E-state index in [1.807, 2.05) is 36.4 Å². The Hall–Kier alpha value is -2.47. The van der Waals surface area contributed by atoms with Gasteiger partial charge in [0.15, 0.2) is 5.78 Å². The molecule has 0 radical (unpaired) electrons. The number of hydrogen-bond acceptors (Lipinski definition) is 4. The Morgan fingerprint density at radius 1 is 1.04 bits per heavy atom. The number of aromatic nitrogens is 1. The van der Waals surface area contributed by atoms with Gasteiger partial charge in [0.25, 0.3) is 0 Å². The van der Waals surface area contributed by atoms with Gasteiger partial charge in [0.2, 0.25) is 0 Å². The SMILES string of the molecule is Cc1c(C(=O)c2ccc(CN)cc2)c2ccccc2n1CCN1CCOCC1. The number of para-hydroxylation sites is 1. The molecule has 0 spiro atoms. The smallest absolute Gasteiger partial charge is 0.195 e. The second kappa shape index (κ2) is 8.27. The number of fused-ring (bicyclic) bond motifs is 1. The molecule has 2 aromatic carbocycles. The topological polar surface area (TPSA) is 60.5 Å². The van der Waals surface area contributed by atoms with E-state index in [9.17, 15) is 4.79 Å². The lowest BCUT2D eigenvalue weighted by Gasteiger charge is -2.27. The monoisotopic (exact) mass is 377 g/mol. The number of morpholine rings is 1. The average molecular weight is 377 g/mol. The zero-order valence-corrected chi connectivity index (χ0v) is 16.4. The van der Waals surface area contributed by atoms with Gasteiger partial charge in [-0.3, -0.25) is 9.69 Å². The Bertz CT molecular complexity index is 969. The van der Waals surface area contributed by atoms with Crippen LogP contribution in [-0.2, 0) is 17.8 Å². The van der Waals surface area contributed by atoms with Gasteiger partial charge in [0, 0.05) is 54.9 Å². The molecule has 0 bridgehead atoms. The number of hydrogen-bond donors (Lipinski definition) is 1. The summed E-state index contributed by atoms with van der Waals surface area (Å²) in [5.74, 6) is 0.0717. The minimum atomic E-state index is 0.0717. The predicted octanol–water partition coefficient (Wildman–Crippen LogP) is 2.97. The second-order valence-electron chi connectivity index (χ2n) is 7.31. The van der Waals surface area contributed by atoms with Gasteiger partial charge in [-0.2, -0.15) is 0 Å². The van der Waals surface area contributed by atoms with Crippen molar-refractivity contribution in [2.45, 2.75) is 20.0 Å². The number of carbonyl (C=O) groups excluding carboxylic acids is 1. The van der Waals surface area contributed by atoms with Crippen LogP contribution >= 0.6 is 0 Å². The number of nitrogens with two attached hydrogens (primary N) is 1. The summed E-state index contributed by atoms with van der Waals surface area (Å²) in [6.45, 7) is 7.90. The van der Waals surface area contributed by atoms with E-state index in [-0.39, 0.29) is 5.78 Å². The highest BCUT2D eigenvalue weighted by Gasteiger charge is 2.21. The van der Waals surface area contributed by atoms with Crippen LogP contribution in [0.4, 0.5) is 0 Å². The molecule has 5 nitrogen and oxygen atoms in total. The minimum Gasteiger partial charge on any atom is -0.379 e. The molecule has 2 N–H and O–H groups in total. The largest absolute Gasteiger partial charge is 0.379 e. The van der Waals surface area contributed by atoms with Crippen molar-refractivity contribution in [1.29, 1.82) is 0 Å². The Morgan fingerprint density at radius 3 is 2.46 bits per heavy atom. The van der Waals surface area contributed by atoms with E-state index in [0.717, 1.165) is 67.1 Å². The maximum absolute atomic E-state index is 13.3. The summed E-state index contributed by atoms with van der Waals surface area (Å²) in [5.41, 5.74) is 10.4. The highest BCUT2D eigenvalue weighted by Crippen LogP contribution is 2.28. The Balaban J connectivity index is 1.67. The zero-order valence-electron chi connectivity index (χ0n) is 16.4. The third kappa shape index (κ3) is 3.61. The Labute approximate surface area is 165 Å². The highest BCUT2D eigenvalue weighted by atomic mass is 16.5. The molecular weight excluding hydrogens is 350 g/mol. The summed E-state index contributed by atoms with van der Waals surface area (Å²) in [5, 5.41) is 1.02. The number of ketones is 1. The summed E-state index contributed by atoms with van der Waals surface area (Å²) in [6.07, 6.45) is 0. The average Bonchev–Trinajstić information content (AvgIpc) is 3.03. The summed E-state index contributed by atoms with van der Waals surface area (Å²) >= 11 is 0. The van der Waals surface area contributed by atoms with Crippen LogP contribution in [0.5, 0.6) is 0 Å². The van der Waals surface area contributed by atoms with E-state index in [0.29, 0.717) is 12.1 Å². The number of carbonyl (C=O) groups is 1. The fourth-order valence-corrected chi connectivity index (χ4v) is 4.01. The lowest BCUT2D eigenvalue weighted by molar-refractivity contribution is 0.0365. The van der Waals surface area contributed by atoms with Gasteiger partial charge >= 0.3 is 0 Å². The van der Waals surface area contributed by atoms with Crippen LogP contribution in [-0.4, -0.2) is 48.1 Å². The van der Waals surface area contributed by atoms with Crippen LogP contribution in [0.15, 0.2) is 48.5 Å². The molecule has 0 atom stereocenters. The molecule has 0 amide bonds. The molecule has 1 aliphatic rings. The van der Waals surface area contributed by atoms with E-state index in [2.05, 4.69) is 28.5 Å². The molecule has 28 heavy (non-hydrogen) atoms. The van der Waals surface area contributed by atoms with Crippen LogP contribution in [0.1, 0.15) is 27.2 Å². The van der Waals surface area contributed by atoms with Gasteiger partial charge < -0.3 is 15.0 Å². The quantitative estimate of drug-likeness (QED) is 0.671. The first-order valence-electron chi connectivity index (χ1n) is 9.90. The van der Waals surface area contributed by atoms with Crippen LogP contribution in [0.3, 0.4) is 0 Å². The van der Waals surface area contributed by atoms with Crippen molar-refractivity contribution in [3.63, 3.8) is 0 Å². The van der Waals surface area contributed by atoms with Crippen LogP contribution in [0, 0.1) is 6.92 Å². The maximum Gasteiger partial charge on any atom is 0.195 e.